The van der Waals surface area contributed by atoms with Gasteiger partial charge in [-0.15, -0.1) is 0 Å². The van der Waals surface area contributed by atoms with Crippen LogP contribution in [0.2, 0.25) is 0 Å². The van der Waals surface area contributed by atoms with Crippen molar-refractivity contribution in [3.05, 3.63) is 0 Å². The van der Waals surface area contributed by atoms with Gasteiger partial charge < -0.3 is 15.2 Å². The van der Waals surface area contributed by atoms with E-state index in [4.69, 9.17) is 4.74 Å². The van der Waals surface area contributed by atoms with Gasteiger partial charge in [0.25, 0.3) is 0 Å². The highest BCUT2D eigenvalue weighted by Gasteiger charge is 2.09. The second kappa shape index (κ2) is 6.86. The lowest BCUT2D eigenvalue weighted by molar-refractivity contribution is -0.142. The molecule has 0 heterocycles. The largest absolute Gasteiger partial charge is 0.465 e. The second-order valence-electron chi connectivity index (χ2n) is 3.25. The molecule has 4 nitrogen and oxygen atoms in total. The highest BCUT2D eigenvalue weighted by Crippen LogP contribution is 1.98. The van der Waals surface area contributed by atoms with Crippen LogP contribution in [0.15, 0.2) is 0 Å². The monoisotopic (exact) mass is 189 g/mol. The second-order valence-corrected chi connectivity index (χ2v) is 3.25. The van der Waals surface area contributed by atoms with Crippen LogP contribution in [0, 0.1) is 5.92 Å². The predicted octanol–water partition coefficient (Wildman–Crippen LogP) is 0.156. The fraction of sp³-hybridized carbons (Fsp3) is 0.889. The van der Waals surface area contributed by atoms with E-state index in [1.54, 1.807) is 6.92 Å². The van der Waals surface area contributed by atoms with Crippen molar-refractivity contribution in [2.75, 3.05) is 19.7 Å². The van der Waals surface area contributed by atoms with E-state index in [0.717, 1.165) is 0 Å². The minimum Gasteiger partial charge on any atom is -0.465 e. The van der Waals surface area contributed by atoms with Gasteiger partial charge in [0, 0.05) is 6.54 Å². The van der Waals surface area contributed by atoms with Crippen molar-refractivity contribution in [3.63, 3.8) is 0 Å². The summed E-state index contributed by atoms with van der Waals surface area (Å²) in [5, 5.41) is 12.2. The summed E-state index contributed by atoms with van der Waals surface area (Å²) in [4.78, 5) is 10.8. The van der Waals surface area contributed by atoms with Gasteiger partial charge in [-0.3, -0.25) is 4.79 Å². The number of rotatable bonds is 6. The van der Waals surface area contributed by atoms with Gasteiger partial charge in [-0.25, -0.2) is 0 Å². The summed E-state index contributed by atoms with van der Waals surface area (Å²) in [5.41, 5.74) is 0. The first-order chi connectivity index (χ1) is 6.07. The minimum atomic E-state index is -0.408. The van der Waals surface area contributed by atoms with E-state index in [2.05, 4.69) is 5.32 Å². The zero-order valence-electron chi connectivity index (χ0n) is 8.54. The third-order valence-electron chi connectivity index (χ3n) is 1.70. The molecule has 0 aromatic rings. The van der Waals surface area contributed by atoms with Gasteiger partial charge in [-0.2, -0.15) is 0 Å². The third-order valence-corrected chi connectivity index (χ3v) is 1.70. The number of hydrogen-bond acceptors (Lipinski definition) is 4. The molecule has 1 atom stereocenters. The molecular formula is C9H19NO3. The Labute approximate surface area is 79.3 Å². The number of aliphatic hydroxyl groups is 1. The van der Waals surface area contributed by atoms with Gasteiger partial charge in [0.05, 0.1) is 19.3 Å². The van der Waals surface area contributed by atoms with Gasteiger partial charge in [-0.05, 0) is 12.8 Å². The van der Waals surface area contributed by atoms with E-state index >= 15 is 0 Å². The smallest absolute Gasteiger partial charge is 0.319 e. The Bertz CT molecular complexity index is 148. The first-order valence-electron chi connectivity index (χ1n) is 4.62. The Morgan fingerprint density at radius 2 is 2.15 bits per heavy atom. The van der Waals surface area contributed by atoms with Gasteiger partial charge >= 0.3 is 5.97 Å². The fourth-order valence-electron chi connectivity index (χ4n) is 0.770. The van der Waals surface area contributed by atoms with Crippen LogP contribution in [-0.2, 0) is 9.53 Å². The van der Waals surface area contributed by atoms with E-state index in [1.165, 1.54) is 0 Å². The highest BCUT2D eigenvalue weighted by molar-refractivity contribution is 5.71. The van der Waals surface area contributed by atoms with Crippen molar-refractivity contribution in [3.8, 4) is 0 Å². The minimum absolute atomic E-state index is 0.164. The summed E-state index contributed by atoms with van der Waals surface area (Å²) >= 11 is 0. The predicted molar refractivity (Wildman–Crippen MR) is 50.3 cm³/mol. The highest BCUT2D eigenvalue weighted by atomic mass is 16.5. The van der Waals surface area contributed by atoms with Crippen LogP contribution in [0.3, 0.4) is 0 Å². The van der Waals surface area contributed by atoms with Crippen LogP contribution < -0.4 is 5.32 Å². The summed E-state index contributed by atoms with van der Waals surface area (Å²) < 4.78 is 4.70. The molecule has 0 spiro atoms. The number of carbonyl (C=O) groups excluding carboxylic acids is 1. The molecule has 0 radical (unpaired) electrons. The van der Waals surface area contributed by atoms with E-state index < -0.39 is 6.10 Å². The van der Waals surface area contributed by atoms with Crippen LogP contribution in [0.4, 0.5) is 0 Å². The van der Waals surface area contributed by atoms with Crippen molar-refractivity contribution >= 4 is 5.97 Å². The molecular weight excluding hydrogens is 170 g/mol. The van der Waals surface area contributed by atoms with E-state index in [1.807, 2.05) is 13.8 Å². The lowest BCUT2D eigenvalue weighted by Gasteiger charge is -2.14. The Kier molecular flexibility index (Phi) is 6.54. The van der Waals surface area contributed by atoms with Crippen LogP contribution in [0.1, 0.15) is 20.8 Å². The van der Waals surface area contributed by atoms with Crippen LogP contribution in [-0.4, -0.2) is 36.9 Å². The molecule has 78 valence electrons. The van der Waals surface area contributed by atoms with Crippen molar-refractivity contribution in [1.29, 1.82) is 0 Å². The van der Waals surface area contributed by atoms with Crippen molar-refractivity contribution in [2.45, 2.75) is 26.9 Å². The van der Waals surface area contributed by atoms with Gasteiger partial charge in [0.15, 0.2) is 0 Å². The summed E-state index contributed by atoms with van der Waals surface area (Å²) in [6, 6.07) is 0. The molecule has 13 heavy (non-hydrogen) atoms. The quantitative estimate of drug-likeness (QED) is 0.584. The summed E-state index contributed by atoms with van der Waals surface area (Å²) in [6.07, 6.45) is -0.408. The summed E-state index contributed by atoms with van der Waals surface area (Å²) in [5.74, 6) is -0.0758. The zero-order valence-corrected chi connectivity index (χ0v) is 8.54. The number of hydrogen-bond donors (Lipinski definition) is 2. The molecule has 0 bridgehead atoms. The number of nitrogens with one attached hydrogen (secondary N) is 1. The maximum atomic E-state index is 10.8. The molecule has 1 unspecified atom stereocenters. The third kappa shape index (κ3) is 6.54. The molecule has 0 rings (SSSR count). The maximum Gasteiger partial charge on any atom is 0.319 e. The van der Waals surface area contributed by atoms with Crippen molar-refractivity contribution in [1.82, 2.24) is 5.32 Å². The average molecular weight is 189 g/mol. The Hall–Kier alpha value is -0.610. The number of ether oxygens (including phenoxy) is 1. The molecule has 4 heteroatoms. The summed E-state index contributed by atoms with van der Waals surface area (Å²) in [6.45, 7) is 6.61. The number of carbonyl (C=O) groups is 1. The number of aliphatic hydroxyl groups excluding tert-OH is 1. The molecule has 0 saturated heterocycles. The molecule has 2 N–H and O–H groups in total. The van der Waals surface area contributed by atoms with Crippen LogP contribution >= 0.6 is 0 Å². The van der Waals surface area contributed by atoms with Crippen molar-refractivity contribution < 1.29 is 14.6 Å². The summed E-state index contributed by atoms with van der Waals surface area (Å²) in [7, 11) is 0. The van der Waals surface area contributed by atoms with E-state index in [9.17, 15) is 9.90 Å². The molecule has 0 fully saturated rings. The Morgan fingerprint density at radius 1 is 1.54 bits per heavy atom. The maximum absolute atomic E-state index is 10.8. The molecule has 0 aromatic carbocycles. The van der Waals surface area contributed by atoms with Gasteiger partial charge in [-0.1, -0.05) is 13.8 Å². The lowest BCUT2D eigenvalue weighted by atomic mass is 10.1. The normalized spacial score (nSPS) is 13.0. The first-order valence-corrected chi connectivity index (χ1v) is 4.62. The van der Waals surface area contributed by atoms with Crippen LogP contribution in [0.25, 0.3) is 0 Å². The molecule has 0 aliphatic rings. The Balaban J connectivity index is 3.39. The van der Waals surface area contributed by atoms with Gasteiger partial charge in [0.2, 0.25) is 0 Å². The fourth-order valence-corrected chi connectivity index (χ4v) is 0.770. The zero-order chi connectivity index (χ0) is 10.3. The van der Waals surface area contributed by atoms with Gasteiger partial charge in [0.1, 0.15) is 0 Å². The molecule has 0 amide bonds. The molecule has 0 aliphatic carbocycles. The topological polar surface area (TPSA) is 58.6 Å². The van der Waals surface area contributed by atoms with E-state index in [0.29, 0.717) is 13.2 Å². The van der Waals surface area contributed by atoms with E-state index in [-0.39, 0.29) is 18.4 Å². The SMILES string of the molecule is CCOC(=O)CNCC(O)C(C)C. The molecule has 0 aliphatic heterocycles. The standard InChI is InChI=1S/C9H19NO3/c1-4-13-9(12)6-10-5-8(11)7(2)3/h7-8,10-11H,4-6H2,1-3H3. The average Bonchev–Trinajstić information content (AvgIpc) is 2.04. The first kappa shape index (κ1) is 12.4. The molecule has 0 saturated carbocycles. The molecule has 0 aromatic heterocycles. The van der Waals surface area contributed by atoms with Crippen LogP contribution in [0.5, 0.6) is 0 Å². The van der Waals surface area contributed by atoms with Crippen molar-refractivity contribution in [2.24, 2.45) is 5.92 Å². The lowest BCUT2D eigenvalue weighted by Crippen LogP contribution is -2.34. The number of esters is 1. The Morgan fingerprint density at radius 3 is 2.62 bits per heavy atom.